The molecular formula is C8H10Cl2O2. The summed E-state index contributed by atoms with van der Waals surface area (Å²) >= 11 is 12.2. The van der Waals surface area contributed by atoms with Crippen LogP contribution in [0.2, 0.25) is 0 Å². The van der Waals surface area contributed by atoms with Gasteiger partial charge in [-0.05, 0) is 0 Å². The molecule has 12 heavy (non-hydrogen) atoms. The summed E-state index contributed by atoms with van der Waals surface area (Å²) in [4.78, 5) is 0. The number of hydrogen-bond donors (Lipinski definition) is 0. The van der Waals surface area contributed by atoms with Crippen molar-refractivity contribution in [2.75, 3.05) is 0 Å². The van der Waals surface area contributed by atoms with Gasteiger partial charge in [-0.2, -0.15) is 0 Å². The lowest BCUT2D eigenvalue weighted by molar-refractivity contribution is -0.231. The molecule has 4 aliphatic heterocycles. The Morgan fingerprint density at radius 1 is 0.750 bits per heavy atom. The van der Waals surface area contributed by atoms with Crippen molar-refractivity contribution in [3.05, 3.63) is 0 Å². The Kier molecular flexibility index (Phi) is 1.64. The van der Waals surface area contributed by atoms with E-state index >= 15 is 0 Å². The molecule has 4 saturated heterocycles. The molecule has 4 aliphatic rings. The summed E-state index contributed by atoms with van der Waals surface area (Å²) in [6.07, 6.45) is 2.48. The lowest BCUT2D eigenvalue weighted by Crippen LogP contribution is -2.64. The summed E-state index contributed by atoms with van der Waals surface area (Å²) in [7, 11) is 0. The molecule has 68 valence electrons. The first-order valence-corrected chi connectivity index (χ1v) is 5.22. The van der Waals surface area contributed by atoms with Crippen molar-refractivity contribution in [2.45, 2.75) is 48.0 Å². The minimum Gasteiger partial charge on any atom is -0.372 e. The second kappa shape index (κ2) is 2.50. The Hall–Kier alpha value is 0.500. The average Bonchev–Trinajstić information content (AvgIpc) is 2.02. The second-order valence-electron chi connectivity index (χ2n) is 3.79. The van der Waals surface area contributed by atoms with Crippen LogP contribution in [0.1, 0.15) is 12.8 Å². The van der Waals surface area contributed by atoms with Crippen LogP contribution in [0.25, 0.3) is 0 Å². The van der Waals surface area contributed by atoms with Gasteiger partial charge in [0.05, 0.1) is 35.2 Å². The van der Waals surface area contributed by atoms with E-state index < -0.39 is 0 Å². The van der Waals surface area contributed by atoms with E-state index in [2.05, 4.69) is 0 Å². The monoisotopic (exact) mass is 208 g/mol. The molecule has 4 fully saturated rings. The maximum atomic E-state index is 6.12. The molecular weight excluding hydrogens is 199 g/mol. The summed E-state index contributed by atoms with van der Waals surface area (Å²) in [5.74, 6) is 0. The minimum atomic E-state index is 0.0432. The maximum Gasteiger partial charge on any atom is 0.0861 e. The van der Waals surface area contributed by atoms with Crippen molar-refractivity contribution < 1.29 is 9.47 Å². The van der Waals surface area contributed by atoms with E-state index in [0.29, 0.717) is 0 Å². The molecule has 4 unspecified atom stereocenters. The SMILES string of the molecule is ClC1C2CC3OC1CC(O2)C3Cl. The van der Waals surface area contributed by atoms with Crippen molar-refractivity contribution in [1.29, 1.82) is 0 Å². The number of ether oxygens (including phenoxy) is 2. The first-order chi connectivity index (χ1) is 5.75. The van der Waals surface area contributed by atoms with Gasteiger partial charge in [-0.3, -0.25) is 0 Å². The first kappa shape index (κ1) is 7.86. The predicted octanol–water partition coefficient (Wildman–Crippen LogP) is 1.53. The Balaban J connectivity index is 1.91. The van der Waals surface area contributed by atoms with Gasteiger partial charge in [-0.25, -0.2) is 0 Å². The Morgan fingerprint density at radius 3 is 1.42 bits per heavy atom. The molecule has 4 heteroatoms. The third-order valence-corrected chi connectivity index (χ3v) is 4.17. The Labute approximate surface area is 81.1 Å². The maximum absolute atomic E-state index is 6.12. The Bertz CT molecular complexity index is 161. The third kappa shape index (κ3) is 0.897. The van der Waals surface area contributed by atoms with Crippen molar-refractivity contribution in [3.8, 4) is 0 Å². The summed E-state index contributed by atoms with van der Waals surface area (Å²) < 4.78 is 11.4. The van der Waals surface area contributed by atoms with E-state index in [1.165, 1.54) is 0 Å². The van der Waals surface area contributed by atoms with Crippen molar-refractivity contribution in [3.63, 3.8) is 0 Å². The van der Waals surface area contributed by atoms with Crippen LogP contribution in [-0.4, -0.2) is 35.2 Å². The van der Waals surface area contributed by atoms with E-state index in [1.54, 1.807) is 0 Å². The van der Waals surface area contributed by atoms with Crippen molar-refractivity contribution in [1.82, 2.24) is 0 Å². The third-order valence-electron chi connectivity index (χ3n) is 3.05. The highest BCUT2D eigenvalue weighted by Crippen LogP contribution is 2.44. The highest BCUT2D eigenvalue weighted by atomic mass is 35.5. The van der Waals surface area contributed by atoms with E-state index in [0.717, 1.165) is 12.8 Å². The number of alkyl halides is 2. The van der Waals surface area contributed by atoms with Crippen LogP contribution in [0.3, 0.4) is 0 Å². The fourth-order valence-corrected chi connectivity index (χ4v) is 3.08. The largest absolute Gasteiger partial charge is 0.372 e. The highest BCUT2D eigenvalue weighted by Gasteiger charge is 2.54. The fourth-order valence-electron chi connectivity index (χ4n) is 2.43. The minimum absolute atomic E-state index is 0.0432. The summed E-state index contributed by atoms with van der Waals surface area (Å²) in [6.45, 7) is 0. The van der Waals surface area contributed by atoms with Crippen molar-refractivity contribution >= 4 is 23.2 Å². The second-order valence-corrected chi connectivity index (χ2v) is 4.79. The van der Waals surface area contributed by atoms with Crippen LogP contribution >= 0.6 is 23.2 Å². The smallest absolute Gasteiger partial charge is 0.0861 e. The summed E-state index contributed by atoms with van der Waals surface area (Å²) in [6, 6.07) is 0. The molecule has 0 spiro atoms. The van der Waals surface area contributed by atoms with Gasteiger partial charge in [0.1, 0.15) is 0 Å². The normalized spacial score (nSPS) is 62.5. The van der Waals surface area contributed by atoms with Crippen molar-refractivity contribution in [2.24, 2.45) is 0 Å². The summed E-state index contributed by atoms with van der Waals surface area (Å²) in [5, 5.41) is 0.0864. The number of halogens is 2. The van der Waals surface area contributed by atoms with E-state index in [4.69, 9.17) is 32.7 Å². The lowest BCUT2D eigenvalue weighted by Gasteiger charge is -2.54. The van der Waals surface area contributed by atoms with Crippen LogP contribution in [0.4, 0.5) is 0 Å². The molecule has 4 bridgehead atoms. The zero-order chi connectivity index (χ0) is 8.29. The standard InChI is InChI=1S/C8H10Cl2O2/c9-7-3-1-4-8(10)6(11-3)2-5(7)12-4/h3-8H,1-2H2. The van der Waals surface area contributed by atoms with Crippen LogP contribution in [-0.2, 0) is 9.47 Å². The van der Waals surface area contributed by atoms with Crippen LogP contribution < -0.4 is 0 Å². The first-order valence-electron chi connectivity index (χ1n) is 4.35. The molecule has 0 amide bonds. The van der Waals surface area contributed by atoms with Gasteiger partial charge < -0.3 is 9.47 Å². The molecule has 0 saturated carbocycles. The molecule has 4 atom stereocenters. The molecule has 0 aliphatic carbocycles. The average molecular weight is 209 g/mol. The topological polar surface area (TPSA) is 18.5 Å². The van der Waals surface area contributed by atoms with E-state index in [9.17, 15) is 0 Å². The van der Waals surface area contributed by atoms with E-state index in [1.807, 2.05) is 0 Å². The molecule has 4 heterocycles. The van der Waals surface area contributed by atoms with E-state index in [-0.39, 0.29) is 35.2 Å². The zero-order valence-corrected chi connectivity index (χ0v) is 7.96. The molecule has 0 aromatic heterocycles. The lowest BCUT2D eigenvalue weighted by atomic mass is 9.83. The highest BCUT2D eigenvalue weighted by molar-refractivity contribution is 6.23. The van der Waals surface area contributed by atoms with Gasteiger partial charge in [-0.1, -0.05) is 0 Å². The number of rotatable bonds is 0. The van der Waals surface area contributed by atoms with Gasteiger partial charge in [0.25, 0.3) is 0 Å². The Morgan fingerprint density at radius 2 is 1.08 bits per heavy atom. The van der Waals surface area contributed by atoms with Crippen LogP contribution in [0, 0.1) is 0 Å². The van der Waals surface area contributed by atoms with Gasteiger partial charge in [-0.15, -0.1) is 23.2 Å². The van der Waals surface area contributed by atoms with Gasteiger partial charge in [0.15, 0.2) is 0 Å². The fraction of sp³-hybridized carbons (Fsp3) is 1.00. The number of hydrogen-bond acceptors (Lipinski definition) is 2. The molecule has 0 aromatic carbocycles. The quantitative estimate of drug-likeness (QED) is 0.563. The molecule has 4 rings (SSSR count). The molecule has 0 N–H and O–H groups in total. The van der Waals surface area contributed by atoms with Gasteiger partial charge >= 0.3 is 0 Å². The van der Waals surface area contributed by atoms with Crippen LogP contribution in [0.5, 0.6) is 0 Å². The van der Waals surface area contributed by atoms with Crippen LogP contribution in [0.15, 0.2) is 0 Å². The molecule has 0 radical (unpaired) electrons. The summed E-state index contributed by atoms with van der Waals surface area (Å²) in [5.41, 5.74) is 0. The predicted molar refractivity (Wildman–Crippen MR) is 45.8 cm³/mol. The molecule has 2 nitrogen and oxygen atoms in total. The zero-order valence-electron chi connectivity index (χ0n) is 6.45. The van der Waals surface area contributed by atoms with Gasteiger partial charge in [0.2, 0.25) is 0 Å². The van der Waals surface area contributed by atoms with Gasteiger partial charge in [0, 0.05) is 12.8 Å². The molecule has 0 aromatic rings.